The summed E-state index contributed by atoms with van der Waals surface area (Å²) in [5.74, 6) is 1.27. The molecule has 2 saturated carbocycles. The first kappa shape index (κ1) is 20.2. The summed E-state index contributed by atoms with van der Waals surface area (Å²) < 4.78 is 5.14. The summed E-state index contributed by atoms with van der Waals surface area (Å²) in [6.45, 7) is 6.68. The molecule has 2 atom stereocenters. The number of carbonyl (C=O) groups excluding carboxylic acids is 2. The van der Waals surface area contributed by atoms with Crippen LogP contribution in [0.25, 0.3) is 0 Å². The van der Waals surface area contributed by atoms with E-state index in [1.165, 1.54) is 25.7 Å². The van der Waals surface area contributed by atoms with E-state index >= 15 is 0 Å². The van der Waals surface area contributed by atoms with Crippen LogP contribution in [-0.2, 0) is 14.3 Å². The third-order valence-corrected chi connectivity index (χ3v) is 6.10. The van der Waals surface area contributed by atoms with Gasteiger partial charge in [-0.3, -0.25) is 9.59 Å². The molecule has 0 bridgehead atoms. The lowest BCUT2D eigenvalue weighted by Gasteiger charge is -2.50. The van der Waals surface area contributed by atoms with Crippen LogP contribution in [-0.4, -0.2) is 37.6 Å². The van der Waals surface area contributed by atoms with Crippen molar-refractivity contribution in [1.29, 1.82) is 0 Å². The standard InChI is InChI=1S/C20H36N2O3/c1-14(2)11-17(13-21-18(23)12-15(3)25-4)22-19(24)20(9-6-10-20)16-7-5-8-16/h14-17H,5-13H2,1-4H3,(H,21,23)(H,22,24). The van der Waals surface area contributed by atoms with Crippen molar-refractivity contribution in [3.8, 4) is 0 Å². The molecule has 0 aliphatic heterocycles. The average molecular weight is 353 g/mol. The largest absolute Gasteiger partial charge is 0.381 e. The van der Waals surface area contributed by atoms with Gasteiger partial charge < -0.3 is 15.4 Å². The third-order valence-electron chi connectivity index (χ3n) is 6.10. The molecule has 144 valence electrons. The highest BCUT2D eigenvalue weighted by molar-refractivity contribution is 5.84. The van der Waals surface area contributed by atoms with Gasteiger partial charge in [-0.15, -0.1) is 0 Å². The highest BCUT2D eigenvalue weighted by Crippen LogP contribution is 2.54. The van der Waals surface area contributed by atoms with E-state index in [0.29, 0.717) is 24.8 Å². The van der Waals surface area contributed by atoms with Gasteiger partial charge in [-0.1, -0.05) is 26.7 Å². The van der Waals surface area contributed by atoms with Crippen molar-refractivity contribution in [3.05, 3.63) is 0 Å². The number of rotatable bonds is 10. The van der Waals surface area contributed by atoms with Gasteiger partial charge in [0.05, 0.1) is 17.9 Å². The topological polar surface area (TPSA) is 67.4 Å². The van der Waals surface area contributed by atoms with Crippen molar-refractivity contribution >= 4 is 11.8 Å². The maximum atomic E-state index is 13.0. The SMILES string of the molecule is COC(C)CC(=O)NCC(CC(C)C)NC(=O)C1(C2CCC2)CCC1. The van der Waals surface area contributed by atoms with Crippen molar-refractivity contribution in [1.82, 2.24) is 10.6 Å². The molecule has 0 heterocycles. The summed E-state index contributed by atoms with van der Waals surface area (Å²) in [6.07, 6.45) is 8.06. The minimum atomic E-state index is -0.109. The number of amides is 2. The summed E-state index contributed by atoms with van der Waals surface area (Å²) >= 11 is 0. The summed E-state index contributed by atoms with van der Waals surface area (Å²) in [4.78, 5) is 25.0. The number of hydrogen-bond donors (Lipinski definition) is 2. The van der Waals surface area contributed by atoms with Crippen LogP contribution in [0.4, 0.5) is 0 Å². The van der Waals surface area contributed by atoms with Crippen LogP contribution in [0.5, 0.6) is 0 Å². The molecule has 5 heteroatoms. The van der Waals surface area contributed by atoms with E-state index in [0.717, 1.165) is 19.3 Å². The van der Waals surface area contributed by atoms with Gasteiger partial charge in [0.1, 0.15) is 0 Å². The fraction of sp³-hybridized carbons (Fsp3) is 0.900. The van der Waals surface area contributed by atoms with Crippen molar-refractivity contribution < 1.29 is 14.3 Å². The lowest BCUT2D eigenvalue weighted by atomic mass is 9.54. The van der Waals surface area contributed by atoms with Crippen molar-refractivity contribution in [3.63, 3.8) is 0 Å². The van der Waals surface area contributed by atoms with Crippen LogP contribution in [0.1, 0.15) is 72.1 Å². The van der Waals surface area contributed by atoms with E-state index in [4.69, 9.17) is 4.74 Å². The summed E-state index contributed by atoms with van der Waals surface area (Å²) in [5, 5.41) is 6.25. The van der Waals surface area contributed by atoms with Gasteiger partial charge in [-0.25, -0.2) is 0 Å². The number of ether oxygens (including phenoxy) is 1. The Bertz CT molecular complexity index is 456. The second-order valence-electron chi connectivity index (χ2n) is 8.49. The zero-order chi connectivity index (χ0) is 18.4. The second kappa shape index (κ2) is 9.02. The van der Waals surface area contributed by atoms with E-state index in [1.807, 2.05) is 6.92 Å². The number of hydrogen-bond acceptors (Lipinski definition) is 3. The summed E-state index contributed by atoms with van der Waals surface area (Å²) in [7, 11) is 1.61. The first-order chi connectivity index (χ1) is 11.9. The fourth-order valence-electron chi connectivity index (χ4n) is 4.08. The molecule has 0 aromatic carbocycles. The molecule has 2 N–H and O–H groups in total. The van der Waals surface area contributed by atoms with E-state index < -0.39 is 0 Å². The molecule has 2 rings (SSSR count). The number of nitrogens with one attached hydrogen (secondary N) is 2. The molecule has 0 radical (unpaired) electrons. The zero-order valence-corrected chi connectivity index (χ0v) is 16.4. The van der Waals surface area contributed by atoms with Gasteiger partial charge in [0.25, 0.3) is 0 Å². The first-order valence-electron chi connectivity index (χ1n) is 9.98. The molecular formula is C20H36N2O3. The molecular weight excluding hydrogens is 316 g/mol. The molecule has 0 saturated heterocycles. The van der Waals surface area contributed by atoms with Crippen LogP contribution in [0, 0.1) is 17.3 Å². The Labute approximate surface area is 152 Å². The molecule has 25 heavy (non-hydrogen) atoms. The Morgan fingerprint density at radius 1 is 1.16 bits per heavy atom. The average Bonchev–Trinajstić information content (AvgIpc) is 2.45. The highest BCUT2D eigenvalue weighted by Gasteiger charge is 2.51. The van der Waals surface area contributed by atoms with E-state index in [2.05, 4.69) is 24.5 Å². The zero-order valence-electron chi connectivity index (χ0n) is 16.4. The molecule has 0 aromatic heterocycles. The Hall–Kier alpha value is -1.10. The van der Waals surface area contributed by atoms with Gasteiger partial charge in [-0.2, -0.15) is 0 Å². The minimum absolute atomic E-state index is 0.00634. The second-order valence-corrected chi connectivity index (χ2v) is 8.49. The minimum Gasteiger partial charge on any atom is -0.381 e. The third kappa shape index (κ3) is 5.19. The van der Waals surface area contributed by atoms with Crippen molar-refractivity contribution in [2.75, 3.05) is 13.7 Å². The smallest absolute Gasteiger partial charge is 0.226 e. The molecule has 2 fully saturated rings. The van der Waals surface area contributed by atoms with Crippen molar-refractivity contribution in [2.24, 2.45) is 17.3 Å². The van der Waals surface area contributed by atoms with Crippen LogP contribution in [0.15, 0.2) is 0 Å². The molecule has 2 unspecified atom stereocenters. The van der Waals surface area contributed by atoms with Gasteiger partial charge >= 0.3 is 0 Å². The Morgan fingerprint density at radius 2 is 1.84 bits per heavy atom. The molecule has 2 aliphatic rings. The normalized spacial score (nSPS) is 21.8. The summed E-state index contributed by atoms with van der Waals surface area (Å²) in [5.41, 5.74) is -0.109. The molecule has 5 nitrogen and oxygen atoms in total. The first-order valence-corrected chi connectivity index (χ1v) is 9.98. The molecule has 2 aliphatic carbocycles. The quantitative estimate of drug-likeness (QED) is 0.635. The van der Waals surface area contributed by atoms with Gasteiger partial charge in [0.15, 0.2) is 0 Å². The van der Waals surface area contributed by atoms with Crippen LogP contribution < -0.4 is 10.6 Å². The Kier molecular flexibility index (Phi) is 7.29. The molecule has 2 amide bonds. The predicted octanol–water partition coefficient (Wildman–Crippen LogP) is 3.03. The van der Waals surface area contributed by atoms with Crippen LogP contribution in [0.2, 0.25) is 0 Å². The maximum Gasteiger partial charge on any atom is 0.226 e. The van der Waals surface area contributed by atoms with E-state index in [9.17, 15) is 9.59 Å². The Morgan fingerprint density at radius 3 is 2.28 bits per heavy atom. The van der Waals surface area contributed by atoms with Gasteiger partial charge in [0, 0.05) is 19.7 Å². The van der Waals surface area contributed by atoms with E-state index in [1.54, 1.807) is 7.11 Å². The van der Waals surface area contributed by atoms with Gasteiger partial charge in [-0.05, 0) is 50.9 Å². The van der Waals surface area contributed by atoms with Crippen LogP contribution in [0.3, 0.4) is 0 Å². The Balaban J connectivity index is 1.88. The van der Waals surface area contributed by atoms with E-state index in [-0.39, 0.29) is 29.4 Å². The van der Waals surface area contributed by atoms with Crippen LogP contribution >= 0.6 is 0 Å². The predicted molar refractivity (Wildman–Crippen MR) is 99.1 cm³/mol. The maximum absolute atomic E-state index is 13.0. The number of methoxy groups -OCH3 is 1. The summed E-state index contributed by atoms with van der Waals surface area (Å²) in [6, 6.07) is 0.00634. The lowest BCUT2D eigenvalue weighted by Crippen LogP contribution is -2.56. The number of carbonyl (C=O) groups is 2. The molecule has 0 spiro atoms. The monoisotopic (exact) mass is 352 g/mol. The fourth-order valence-corrected chi connectivity index (χ4v) is 4.08. The molecule has 0 aromatic rings. The lowest BCUT2D eigenvalue weighted by molar-refractivity contribution is -0.145. The highest BCUT2D eigenvalue weighted by atomic mass is 16.5. The van der Waals surface area contributed by atoms with Crippen molar-refractivity contribution in [2.45, 2.75) is 84.3 Å². The van der Waals surface area contributed by atoms with Gasteiger partial charge in [0.2, 0.25) is 11.8 Å².